The van der Waals surface area contributed by atoms with Crippen LogP contribution in [-0.4, -0.2) is 11.1 Å². The molecule has 142 valence electrons. The van der Waals surface area contributed by atoms with E-state index in [4.69, 9.17) is 9.84 Å². The van der Waals surface area contributed by atoms with E-state index >= 15 is 0 Å². The quantitative estimate of drug-likeness (QED) is 0.751. The topological polar surface area (TPSA) is 46.5 Å². The summed E-state index contributed by atoms with van der Waals surface area (Å²) in [7, 11) is 0. The second kappa shape index (κ2) is 6.25. The molecular formula is C20H16F4O3. The van der Waals surface area contributed by atoms with E-state index in [0.717, 1.165) is 6.07 Å². The minimum atomic E-state index is -4.42. The third kappa shape index (κ3) is 3.26. The van der Waals surface area contributed by atoms with Gasteiger partial charge in [0.05, 0.1) is 11.5 Å². The first-order valence-electron chi connectivity index (χ1n) is 8.63. The first-order valence-corrected chi connectivity index (χ1v) is 8.63. The molecule has 2 aromatic carbocycles. The Kier molecular flexibility index (Phi) is 4.13. The van der Waals surface area contributed by atoms with Gasteiger partial charge in [-0.05, 0) is 48.1 Å². The van der Waals surface area contributed by atoms with Crippen molar-refractivity contribution < 1.29 is 32.2 Å². The SMILES string of the molecule is O=C(O)[C@@H]1C[C@H]1c1ccc(O[C@@H]2CCc3c2cccc3C(F)(F)F)cc1F. The maximum Gasteiger partial charge on any atom is 0.416 e. The van der Waals surface area contributed by atoms with Gasteiger partial charge in [0.25, 0.3) is 0 Å². The summed E-state index contributed by atoms with van der Waals surface area (Å²) < 4.78 is 59.5. The minimum absolute atomic E-state index is 0.221. The molecule has 7 heteroatoms. The highest BCUT2D eigenvalue weighted by Crippen LogP contribution is 2.49. The van der Waals surface area contributed by atoms with Crippen LogP contribution in [0.5, 0.6) is 5.75 Å². The number of rotatable bonds is 4. The summed E-state index contributed by atoms with van der Waals surface area (Å²) in [6, 6.07) is 8.24. The summed E-state index contributed by atoms with van der Waals surface area (Å²) in [6.07, 6.45) is -3.95. The van der Waals surface area contributed by atoms with Crippen molar-refractivity contribution in [3.05, 3.63) is 64.5 Å². The predicted octanol–water partition coefficient (Wildman–Crippen LogP) is 5.10. The molecule has 3 nitrogen and oxygen atoms in total. The van der Waals surface area contributed by atoms with Crippen LogP contribution in [0, 0.1) is 11.7 Å². The average Bonchev–Trinajstić information content (AvgIpc) is 3.29. The zero-order chi connectivity index (χ0) is 19.3. The molecule has 3 atom stereocenters. The first-order chi connectivity index (χ1) is 12.8. The molecule has 2 aliphatic carbocycles. The first kappa shape index (κ1) is 17.8. The highest BCUT2D eigenvalue weighted by molar-refractivity contribution is 5.75. The van der Waals surface area contributed by atoms with Gasteiger partial charge in [-0.3, -0.25) is 4.79 Å². The van der Waals surface area contributed by atoms with Crippen LogP contribution in [0.2, 0.25) is 0 Å². The highest BCUT2D eigenvalue weighted by Gasteiger charge is 2.45. The summed E-state index contributed by atoms with van der Waals surface area (Å²) in [6.45, 7) is 0. The molecule has 27 heavy (non-hydrogen) atoms. The average molecular weight is 380 g/mol. The van der Waals surface area contributed by atoms with Gasteiger partial charge in [0.1, 0.15) is 17.7 Å². The number of carboxylic acids is 1. The summed E-state index contributed by atoms with van der Waals surface area (Å²) in [5.41, 5.74) is 0.388. The fourth-order valence-corrected chi connectivity index (χ4v) is 3.86. The molecule has 0 radical (unpaired) electrons. The minimum Gasteiger partial charge on any atom is -0.486 e. The zero-order valence-electron chi connectivity index (χ0n) is 14.1. The van der Waals surface area contributed by atoms with Crippen LogP contribution < -0.4 is 4.74 Å². The van der Waals surface area contributed by atoms with Gasteiger partial charge in [0.2, 0.25) is 0 Å². The number of hydrogen-bond donors (Lipinski definition) is 1. The van der Waals surface area contributed by atoms with Crippen LogP contribution in [-0.2, 0) is 17.4 Å². The number of carboxylic acid groups (broad SMARTS) is 1. The Morgan fingerprint density at radius 3 is 2.56 bits per heavy atom. The Labute approximate surface area is 152 Å². The molecular weight excluding hydrogens is 364 g/mol. The van der Waals surface area contributed by atoms with E-state index in [1.807, 2.05) is 0 Å². The fourth-order valence-electron chi connectivity index (χ4n) is 3.86. The van der Waals surface area contributed by atoms with Crippen LogP contribution in [0.15, 0.2) is 36.4 Å². The number of fused-ring (bicyclic) bond motifs is 1. The van der Waals surface area contributed by atoms with Crippen LogP contribution in [0.3, 0.4) is 0 Å². The van der Waals surface area contributed by atoms with Gasteiger partial charge >= 0.3 is 12.1 Å². The van der Waals surface area contributed by atoms with Gasteiger partial charge in [-0.2, -0.15) is 13.2 Å². The standard InChI is InChI=1S/C20H16F4O3/c21-17-8-10(4-5-12(17)14-9-15(14)19(25)26)27-18-7-6-11-13(18)2-1-3-16(11)20(22,23)24/h1-5,8,14-15,18H,6-7,9H2,(H,25,26)/t14-,15+,18+/m0/s1. The number of alkyl halides is 3. The number of halogens is 4. The van der Waals surface area contributed by atoms with Gasteiger partial charge < -0.3 is 9.84 Å². The summed E-state index contributed by atoms with van der Waals surface area (Å²) in [5, 5.41) is 8.97. The van der Waals surface area contributed by atoms with Crippen molar-refractivity contribution in [2.45, 2.75) is 37.5 Å². The molecule has 0 saturated heterocycles. The van der Waals surface area contributed by atoms with E-state index in [0.29, 0.717) is 24.0 Å². The van der Waals surface area contributed by atoms with E-state index in [1.54, 1.807) is 12.1 Å². The largest absolute Gasteiger partial charge is 0.486 e. The summed E-state index contributed by atoms with van der Waals surface area (Å²) in [4.78, 5) is 10.9. The highest BCUT2D eigenvalue weighted by atomic mass is 19.4. The van der Waals surface area contributed by atoms with Crippen LogP contribution >= 0.6 is 0 Å². The molecule has 0 aromatic heterocycles. The zero-order valence-corrected chi connectivity index (χ0v) is 14.1. The van der Waals surface area contributed by atoms with Crippen molar-refractivity contribution >= 4 is 5.97 Å². The van der Waals surface area contributed by atoms with Crippen molar-refractivity contribution in [3.63, 3.8) is 0 Å². The van der Waals surface area contributed by atoms with Crippen molar-refractivity contribution in [2.24, 2.45) is 5.92 Å². The van der Waals surface area contributed by atoms with E-state index in [-0.39, 0.29) is 23.7 Å². The number of hydrogen-bond acceptors (Lipinski definition) is 2. The second-order valence-corrected chi connectivity index (χ2v) is 6.99. The molecule has 4 rings (SSSR count). The maximum absolute atomic E-state index is 14.3. The number of ether oxygens (including phenoxy) is 1. The molecule has 0 amide bonds. The third-order valence-corrected chi connectivity index (χ3v) is 5.28. The summed E-state index contributed by atoms with van der Waals surface area (Å²) >= 11 is 0. The predicted molar refractivity (Wildman–Crippen MR) is 88.0 cm³/mol. The van der Waals surface area contributed by atoms with Gasteiger partial charge in [-0.15, -0.1) is 0 Å². The number of carbonyl (C=O) groups is 1. The molecule has 2 aromatic rings. The van der Waals surface area contributed by atoms with E-state index in [1.165, 1.54) is 18.2 Å². The lowest BCUT2D eigenvalue weighted by Gasteiger charge is -2.17. The molecule has 2 aliphatic rings. The Morgan fingerprint density at radius 2 is 1.93 bits per heavy atom. The third-order valence-electron chi connectivity index (χ3n) is 5.28. The molecule has 1 saturated carbocycles. The Hall–Kier alpha value is -2.57. The second-order valence-electron chi connectivity index (χ2n) is 6.99. The molecule has 1 N–H and O–H groups in total. The van der Waals surface area contributed by atoms with Crippen LogP contribution in [0.25, 0.3) is 0 Å². The number of aliphatic carboxylic acids is 1. The van der Waals surface area contributed by atoms with Crippen molar-refractivity contribution in [3.8, 4) is 5.75 Å². The van der Waals surface area contributed by atoms with E-state index in [2.05, 4.69) is 0 Å². The molecule has 0 heterocycles. The Bertz CT molecular complexity index is 907. The van der Waals surface area contributed by atoms with E-state index in [9.17, 15) is 22.4 Å². The van der Waals surface area contributed by atoms with Crippen molar-refractivity contribution in [1.82, 2.24) is 0 Å². The van der Waals surface area contributed by atoms with Gasteiger partial charge in [-0.25, -0.2) is 4.39 Å². The van der Waals surface area contributed by atoms with E-state index < -0.39 is 35.5 Å². The fraction of sp³-hybridized carbons (Fsp3) is 0.350. The Morgan fingerprint density at radius 1 is 1.15 bits per heavy atom. The normalized spacial score (nSPS) is 23.8. The number of benzene rings is 2. The lowest BCUT2D eigenvalue weighted by Crippen LogP contribution is -2.10. The van der Waals surface area contributed by atoms with Crippen LogP contribution in [0.4, 0.5) is 17.6 Å². The van der Waals surface area contributed by atoms with Crippen molar-refractivity contribution in [1.29, 1.82) is 0 Å². The molecule has 0 spiro atoms. The monoisotopic (exact) mass is 380 g/mol. The molecule has 1 fully saturated rings. The Balaban J connectivity index is 1.54. The van der Waals surface area contributed by atoms with Gasteiger partial charge in [-0.1, -0.05) is 18.2 Å². The maximum atomic E-state index is 14.3. The molecule has 0 unspecified atom stereocenters. The lowest BCUT2D eigenvalue weighted by molar-refractivity contribution is -0.139. The van der Waals surface area contributed by atoms with Crippen molar-refractivity contribution in [2.75, 3.05) is 0 Å². The molecule has 0 bridgehead atoms. The van der Waals surface area contributed by atoms with Crippen LogP contribution in [0.1, 0.15) is 47.1 Å². The van der Waals surface area contributed by atoms with Gasteiger partial charge in [0, 0.05) is 12.0 Å². The van der Waals surface area contributed by atoms with Gasteiger partial charge in [0.15, 0.2) is 0 Å². The smallest absolute Gasteiger partial charge is 0.416 e. The molecule has 0 aliphatic heterocycles. The lowest BCUT2D eigenvalue weighted by atomic mass is 10.0. The summed E-state index contributed by atoms with van der Waals surface area (Å²) in [5.74, 6) is -2.17.